The molecule has 1 fully saturated rings. The normalized spacial score (nSPS) is 21.9. The van der Waals surface area contributed by atoms with Crippen molar-refractivity contribution >= 4 is 11.9 Å². The number of hydrogen-bond donors (Lipinski definition) is 2. The molecule has 0 spiro atoms. The molecule has 1 rings (SSSR count). The molecular weight excluding hydrogens is 232 g/mol. The van der Waals surface area contributed by atoms with E-state index in [1.807, 2.05) is 34.6 Å². The molecule has 5 heteroatoms. The Kier molecular flexibility index (Phi) is 4.73. The van der Waals surface area contributed by atoms with E-state index in [4.69, 9.17) is 4.74 Å². The molecule has 18 heavy (non-hydrogen) atoms. The fourth-order valence-corrected chi connectivity index (χ4v) is 1.88. The fraction of sp³-hybridized carbons (Fsp3) is 0.846. The van der Waals surface area contributed by atoms with Gasteiger partial charge < -0.3 is 10.1 Å². The highest BCUT2D eigenvalue weighted by Crippen LogP contribution is 2.11. The Labute approximate surface area is 109 Å². The van der Waals surface area contributed by atoms with E-state index in [0.717, 1.165) is 0 Å². The van der Waals surface area contributed by atoms with Gasteiger partial charge in [-0.1, -0.05) is 13.8 Å². The average molecular weight is 256 g/mol. The molecule has 0 bridgehead atoms. The molecule has 0 unspecified atom stereocenters. The summed E-state index contributed by atoms with van der Waals surface area (Å²) in [5.74, 6) is -0.220. The predicted molar refractivity (Wildman–Crippen MR) is 69.0 cm³/mol. The summed E-state index contributed by atoms with van der Waals surface area (Å²) >= 11 is 0. The van der Waals surface area contributed by atoms with Crippen LogP contribution >= 0.6 is 0 Å². The van der Waals surface area contributed by atoms with Gasteiger partial charge in [-0.05, 0) is 26.7 Å². The summed E-state index contributed by atoms with van der Waals surface area (Å²) in [6.45, 7) is 10.2. The summed E-state index contributed by atoms with van der Waals surface area (Å²) in [4.78, 5) is 23.6. The number of hydrogen-bond acceptors (Lipinski definition) is 4. The standard InChI is InChI=1S/C13H24N2O3/c1-8(2)10(11(16)15-13(3,4)5)14-9-6-7-18-12(9)17/h8-10,14H,6-7H2,1-5H3,(H,15,16)/t9-,10-/m0/s1. The molecular formula is C13H24N2O3. The van der Waals surface area contributed by atoms with Gasteiger partial charge in [0.2, 0.25) is 5.91 Å². The summed E-state index contributed by atoms with van der Waals surface area (Å²) in [6, 6.07) is -0.733. The lowest BCUT2D eigenvalue weighted by Gasteiger charge is -2.28. The molecule has 0 saturated carbocycles. The van der Waals surface area contributed by atoms with Gasteiger partial charge in [-0.2, -0.15) is 0 Å². The van der Waals surface area contributed by atoms with Gasteiger partial charge >= 0.3 is 5.97 Å². The summed E-state index contributed by atoms with van der Waals surface area (Å²) in [7, 11) is 0. The van der Waals surface area contributed by atoms with E-state index in [-0.39, 0.29) is 35.4 Å². The topological polar surface area (TPSA) is 67.4 Å². The first kappa shape index (κ1) is 15.0. The van der Waals surface area contributed by atoms with E-state index in [9.17, 15) is 9.59 Å². The Morgan fingerprint density at radius 2 is 2.00 bits per heavy atom. The number of amides is 1. The average Bonchev–Trinajstić information content (AvgIpc) is 2.57. The van der Waals surface area contributed by atoms with Crippen LogP contribution in [-0.4, -0.2) is 36.1 Å². The number of cyclic esters (lactones) is 1. The molecule has 0 aromatic rings. The zero-order chi connectivity index (χ0) is 13.9. The Balaban J connectivity index is 2.65. The van der Waals surface area contributed by atoms with Crippen molar-refractivity contribution in [3.8, 4) is 0 Å². The lowest BCUT2D eigenvalue weighted by atomic mass is 10.00. The molecule has 5 nitrogen and oxygen atoms in total. The first-order chi connectivity index (χ1) is 8.20. The third-order valence-electron chi connectivity index (χ3n) is 2.76. The van der Waals surface area contributed by atoms with Crippen LogP contribution in [0.3, 0.4) is 0 Å². The highest BCUT2D eigenvalue weighted by atomic mass is 16.5. The number of nitrogens with one attached hydrogen (secondary N) is 2. The molecule has 2 atom stereocenters. The minimum absolute atomic E-state index is 0.0720. The van der Waals surface area contributed by atoms with Gasteiger partial charge in [-0.15, -0.1) is 0 Å². The number of ether oxygens (including phenoxy) is 1. The van der Waals surface area contributed by atoms with Gasteiger partial charge in [0.1, 0.15) is 6.04 Å². The Hall–Kier alpha value is -1.10. The third-order valence-corrected chi connectivity index (χ3v) is 2.76. The van der Waals surface area contributed by atoms with Crippen LogP contribution in [-0.2, 0) is 14.3 Å². The monoisotopic (exact) mass is 256 g/mol. The second-order valence-electron chi connectivity index (χ2n) is 6.14. The highest BCUT2D eigenvalue weighted by molar-refractivity contribution is 5.84. The number of esters is 1. The molecule has 2 N–H and O–H groups in total. The molecule has 0 aliphatic carbocycles. The molecule has 104 valence electrons. The molecule has 0 aromatic heterocycles. The zero-order valence-corrected chi connectivity index (χ0v) is 11.9. The minimum atomic E-state index is -0.375. The van der Waals surface area contributed by atoms with Crippen LogP contribution in [0.25, 0.3) is 0 Å². The summed E-state index contributed by atoms with van der Waals surface area (Å²) in [5.41, 5.74) is -0.276. The molecule has 1 aliphatic heterocycles. The molecule has 0 aromatic carbocycles. The van der Waals surface area contributed by atoms with E-state index in [2.05, 4.69) is 10.6 Å². The molecule has 1 saturated heterocycles. The molecule has 1 aliphatic rings. The lowest BCUT2D eigenvalue weighted by Crippen LogP contribution is -2.55. The first-order valence-corrected chi connectivity index (χ1v) is 6.45. The van der Waals surface area contributed by atoms with Crippen LogP contribution in [0.1, 0.15) is 41.0 Å². The Morgan fingerprint density at radius 3 is 2.39 bits per heavy atom. The second kappa shape index (κ2) is 5.69. The first-order valence-electron chi connectivity index (χ1n) is 6.45. The largest absolute Gasteiger partial charge is 0.464 e. The van der Waals surface area contributed by atoms with E-state index in [0.29, 0.717) is 13.0 Å². The van der Waals surface area contributed by atoms with Crippen molar-refractivity contribution < 1.29 is 14.3 Å². The summed E-state index contributed by atoms with van der Waals surface area (Å²) in [5, 5.41) is 6.04. The molecule has 0 radical (unpaired) electrons. The van der Waals surface area contributed by atoms with Crippen molar-refractivity contribution in [3.05, 3.63) is 0 Å². The molecule has 1 amide bonds. The number of carbonyl (C=O) groups excluding carboxylic acids is 2. The van der Waals surface area contributed by atoms with Crippen LogP contribution in [0.2, 0.25) is 0 Å². The number of carbonyl (C=O) groups is 2. The SMILES string of the molecule is CC(C)[C@H](N[C@H]1CCOC1=O)C(=O)NC(C)(C)C. The Morgan fingerprint density at radius 1 is 1.39 bits per heavy atom. The second-order valence-corrected chi connectivity index (χ2v) is 6.14. The van der Waals surface area contributed by atoms with Gasteiger partial charge in [-0.25, -0.2) is 0 Å². The summed E-state index contributed by atoms with van der Waals surface area (Å²) < 4.78 is 4.89. The van der Waals surface area contributed by atoms with Crippen molar-refractivity contribution in [1.82, 2.24) is 10.6 Å². The van der Waals surface area contributed by atoms with E-state index >= 15 is 0 Å². The van der Waals surface area contributed by atoms with Gasteiger partial charge in [0.05, 0.1) is 12.6 Å². The van der Waals surface area contributed by atoms with E-state index in [1.165, 1.54) is 0 Å². The van der Waals surface area contributed by atoms with Gasteiger partial charge in [0.25, 0.3) is 0 Å². The van der Waals surface area contributed by atoms with Gasteiger partial charge in [0, 0.05) is 12.0 Å². The smallest absolute Gasteiger partial charge is 0.323 e. The van der Waals surface area contributed by atoms with Crippen LogP contribution in [0.15, 0.2) is 0 Å². The van der Waals surface area contributed by atoms with E-state index < -0.39 is 0 Å². The molecule has 1 heterocycles. The number of rotatable bonds is 4. The fourth-order valence-electron chi connectivity index (χ4n) is 1.88. The van der Waals surface area contributed by atoms with Crippen molar-refractivity contribution in [2.24, 2.45) is 5.92 Å². The zero-order valence-electron chi connectivity index (χ0n) is 11.9. The van der Waals surface area contributed by atoms with Crippen LogP contribution in [0.5, 0.6) is 0 Å². The van der Waals surface area contributed by atoms with Crippen molar-refractivity contribution in [2.75, 3.05) is 6.61 Å². The van der Waals surface area contributed by atoms with Crippen molar-refractivity contribution in [3.63, 3.8) is 0 Å². The maximum Gasteiger partial charge on any atom is 0.323 e. The van der Waals surface area contributed by atoms with Crippen molar-refractivity contribution in [2.45, 2.75) is 58.7 Å². The van der Waals surface area contributed by atoms with Crippen LogP contribution in [0, 0.1) is 5.92 Å². The maximum absolute atomic E-state index is 12.2. The third kappa shape index (κ3) is 4.29. The van der Waals surface area contributed by atoms with Crippen LogP contribution < -0.4 is 10.6 Å². The minimum Gasteiger partial charge on any atom is -0.464 e. The van der Waals surface area contributed by atoms with Gasteiger partial charge in [0.15, 0.2) is 0 Å². The van der Waals surface area contributed by atoms with Gasteiger partial charge in [-0.3, -0.25) is 14.9 Å². The lowest BCUT2D eigenvalue weighted by molar-refractivity contribution is -0.140. The van der Waals surface area contributed by atoms with Crippen molar-refractivity contribution in [1.29, 1.82) is 0 Å². The maximum atomic E-state index is 12.2. The Bertz CT molecular complexity index is 321. The highest BCUT2D eigenvalue weighted by Gasteiger charge is 2.33. The van der Waals surface area contributed by atoms with Crippen LogP contribution in [0.4, 0.5) is 0 Å². The van der Waals surface area contributed by atoms with E-state index in [1.54, 1.807) is 0 Å². The predicted octanol–water partition coefficient (Wildman–Crippen LogP) is 0.831. The summed E-state index contributed by atoms with van der Waals surface area (Å²) in [6.07, 6.45) is 0.630. The quantitative estimate of drug-likeness (QED) is 0.731.